The lowest BCUT2D eigenvalue weighted by molar-refractivity contribution is 0.0525. The molecule has 0 radical (unpaired) electrons. The summed E-state index contributed by atoms with van der Waals surface area (Å²) in [7, 11) is 0. The molecule has 0 spiro atoms. The first-order chi connectivity index (χ1) is 11.3. The summed E-state index contributed by atoms with van der Waals surface area (Å²) in [5.41, 5.74) is 1.62. The molecule has 0 aliphatic carbocycles. The molecule has 0 amide bonds. The maximum atomic E-state index is 12.7. The van der Waals surface area contributed by atoms with E-state index < -0.39 is 5.97 Å². The topological polar surface area (TPSA) is 48.3 Å². The summed E-state index contributed by atoms with van der Waals surface area (Å²) in [5.74, 6) is -0.635. The number of hydrogen-bond acceptors (Lipinski definition) is 3. The summed E-state index contributed by atoms with van der Waals surface area (Å²) < 4.78 is 7.52. The summed E-state index contributed by atoms with van der Waals surface area (Å²) in [6.07, 6.45) is 0. The molecule has 0 saturated carbocycles. The van der Waals surface area contributed by atoms with E-state index in [0.29, 0.717) is 31.4 Å². The van der Waals surface area contributed by atoms with Gasteiger partial charge in [-0.05, 0) is 55.5 Å². The average molecular weight is 480 g/mol. The summed E-state index contributed by atoms with van der Waals surface area (Å²) in [6.45, 7) is 6.28. The van der Waals surface area contributed by atoms with E-state index in [-0.39, 0.29) is 17.6 Å². The molecular weight excluding hydrogens is 464 g/mol. The van der Waals surface area contributed by atoms with E-state index in [2.05, 4.69) is 0 Å². The number of esters is 1. The maximum Gasteiger partial charge on any atom is 0.344 e. The second-order valence-electron chi connectivity index (χ2n) is 5.05. The van der Waals surface area contributed by atoms with Crippen molar-refractivity contribution in [1.29, 1.82) is 0 Å². The Bertz CT molecular complexity index is 862. The quantitative estimate of drug-likeness (QED) is 0.461. The number of aromatic nitrogens is 1. The molecule has 24 heavy (non-hydrogen) atoms. The summed E-state index contributed by atoms with van der Waals surface area (Å²) in [5, 5.41) is 0.765. The Morgan fingerprint density at radius 2 is 1.92 bits per heavy atom. The monoisotopic (exact) mass is 479 g/mol. The van der Waals surface area contributed by atoms with Crippen LogP contribution in [-0.2, 0) is 11.3 Å². The summed E-state index contributed by atoms with van der Waals surface area (Å²) >= 11 is 14.1. The van der Waals surface area contributed by atoms with Crippen LogP contribution in [0.2, 0.25) is 10.0 Å². The SMILES string of the molecule is CCOC(=O)c1c(-c2ccc(Cl)c(Cl)c2)n(CC)c(C)c(I)c1=O. The molecule has 2 aromatic rings. The number of rotatable bonds is 4. The molecule has 0 bridgehead atoms. The summed E-state index contributed by atoms with van der Waals surface area (Å²) in [4.78, 5) is 25.2. The van der Waals surface area contributed by atoms with Crippen LogP contribution < -0.4 is 5.43 Å². The molecule has 1 heterocycles. The largest absolute Gasteiger partial charge is 0.462 e. The van der Waals surface area contributed by atoms with Crippen LogP contribution in [-0.4, -0.2) is 17.1 Å². The first-order valence-corrected chi connectivity index (χ1v) is 9.22. The van der Waals surface area contributed by atoms with Gasteiger partial charge in [0.1, 0.15) is 5.56 Å². The van der Waals surface area contributed by atoms with Crippen molar-refractivity contribution in [3.8, 4) is 11.3 Å². The third-order valence-electron chi connectivity index (χ3n) is 3.64. The van der Waals surface area contributed by atoms with Crippen LogP contribution in [0.25, 0.3) is 11.3 Å². The zero-order valence-electron chi connectivity index (χ0n) is 13.5. The molecule has 0 N–H and O–H groups in total. The third kappa shape index (κ3) is 3.48. The predicted molar refractivity (Wildman–Crippen MR) is 105 cm³/mol. The zero-order valence-corrected chi connectivity index (χ0v) is 17.1. The standard InChI is InChI=1S/C17H16Cl2INO3/c1-4-21-9(3)14(20)16(22)13(17(23)24-5-2)15(21)10-6-7-11(18)12(19)8-10/h6-8H,4-5H2,1-3H3. The van der Waals surface area contributed by atoms with E-state index in [1.165, 1.54) is 0 Å². The average Bonchev–Trinajstić information content (AvgIpc) is 2.55. The Hall–Kier alpha value is -1.05. The first kappa shape index (κ1) is 19.3. The van der Waals surface area contributed by atoms with Crippen LogP contribution in [0.3, 0.4) is 0 Å². The van der Waals surface area contributed by atoms with Gasteiger partial charge in [0, 0.05) is 17.8 Å². The van der Waals surface area contributed by atoms with E-state index in [1.54, 1.807) is 25.1 Å². The van der Waals surface area contributed by atoms with Crippen LogP contribution in [0.15, 0.2) is 23.0 Å². The third-order valence-corrected chi connectivity index (χ3v) is 5.65. The number of carbonyl (C=O) groups excluding carboxylic acids is 1. The van der Waals surface area contributed by atoms with E-state index in [9.17, 15) is 9.59 Å². The lowest BCUT2D eigenvalue weighted by Gasteiger charge is -2.20. The Kier molecular flexibility index (Phi) is 6.33. The normalized spacial score (nSPS) is 10.8. The minimum absolute atomic E-state index is 0.0205. The van der Waals surface area contributed by atoms with E-state index in [4.69, 9.17) is 27.9 Å². The van der Waals surface area contributed by atoms with Gasteiger partial charge in [0.15, 0.2) is 0 Å². The van der Waals surface area contributed by atoms with Crippen molar-refractivity contribution in [2.45, 2.75) is 27.3 Å². The number of nitrogens with zero attached hydrogens (tertiary/aromatic N) is 1. The van der Waals surface area contributed by atoms with Gasteiger partial charge in [0.25, 0.3) is 0 Å². The fourth-order valence-corrected chi connectivity index (χ4v) is 3.39. The molecule has 0 aliphatic rings. The second kappa shape index (κ2) is 7.89. The number of halogens is 3. The molecule has 0 unspecified atom stereocenters. The van der Waals surface area contributed by atoms with Crippen molar-refractivity contribution >= 4 is 51.8 Å². The molecule has 1 aromatic heterocycles. The highest BCUT2D eigenvalue weighted by atomic mass is 127. The molecule has 0 aliphatic heterocycles. The number of carbonyl (C=O) groups is 1. The van der Waals surface area contributed by atoms with Crippen molar-refractivity contribution in [1.82, 2.24) is 4.57 Å². The highest BCUT2D eigenvalue weighted by molar-refractivity contribution is 14.1. The maximum absolute atomic E-state index is 12.7. The highest BCUT2D eigenvalue weighted by Crippen LogP contribution is 2.31. The minimum atomic E-state index is -0.635. The molecule has 128 valence electrons. The molecule has 7 heteroatoms. The van der Waals surface area contributed by atoms with E-state index in [0.717, 1.165) is 5.69 Å². The zero-order chi connectivity index (χ0) is 18.0. The second-order valence-corrected chi connectivity index (χ2v) is 6.94. The fourth-order valence-electron chi connectivity index (χ4n) is 2.53. The van der Waals surface area contributed by atoms with Gasteiger partial charge in [-0.2, -0.15) is 0 Å². The van der Waals surface area contributed by atoms with Crippen molar-refractivity contribution in [2.24, 2.45) is 0 Å². The van der Waals surface area contributed by atoms with Crippen LogP contribution in [0.4, 0.5) is 0 Å². The Balaban J connectivity index is 2.92. The molecular formula is C17H16Cl2INO3. The lowest BCUT2D eigenvalue weighted by atomic mass is 10.0. The Labute approximate surface area is 163 Å². The van der Waals surface area contributed by atoms with Gasteiger partial charge in [0.2, 0.25) is 5.43 Å². The number of benzene rings is 1. The molecule has 1 aromatic carbocycles. The van der Waals surface area contributed by atoms with Crippen LogP contribution in [0, 0.1) is 10.5 Å². The van der Waals surface area contributed by atoms with Gasteiger partial charge in [-0.25, -0.2) is 4.79 Å². The van der Waals surface area contributed by atoms with Gasteiger partial charge in [-0.15, -0.1) is 0 Å². The van der Waals surface area contributed by atoms with E-state index >= 15 is 0 Å². The van der Waals surface area contributed by atoms with Crippen molar-refractivity contribution in [2.75, 3.05) is 6.61 Å². The van der Waals surface area contributed by atoms with Crippen molar-refractivity contribution in [3.63, 3.8) is 0 Å². The summed E-state index contributed by atoms with van der Waals surface area (Å²) in [6, 6.07) is 5.04. The van der Waals surface area contributed by atoms with Crippen molar-refractivity contribution in [3.05, 3.63) is 53.3 Å². The minimum Gasteiger partial charge on any atom is -0.462 e. The van der Waals surface area contributed by atoms with Crippen LogP contribution in [0.1, 0.15) is 29.9 Å². The predicted octanol–water partition coefficient (Wildman–Crippen LogP) is 4.93. The Morgan fingerprint density at radius 3 is 2.46 bits per heavy atom. The molecule has 0 saturated heterocycles. The first-order valence-electron chi connectivity index (χ1n) is 7.38. The fraction of sp³-hybridized carbons (Fsp3) is 0.294. The highest BCUT2D eigenvalue weighted by Gasteiger charge is 2.25. The number of hydrogen-bond donors (Lipinski definition) is 0. The van der Waals surface area contributed by atoms with Gasteiger partial charge in [-0.3, -0.25) is 4.79 Å². The van der Waals surface area contributed by atoms with Gasteiger partial charge < -0.3 is 9.30 Å². The number of ether oxygens (including phenoxy) is 1. The lowest BCUT2D eigenvalue weighted by Crippen LogP contribution is -2.27. The Morgan fingerprint density at radius 1 is 1.25 bits per heavy atom. The smallest absolute Gasteiger partial charge is 0.344 e. The van der Waals surface area contributed by atoms with Crippen LogP contribution >= 0.6 is 45.8 Å². The molecule has 4 nitrogen and oxygen atoms in total. The van der Waals surface area contributed by atoms with Gasteiger partial charge in [-0.1, -0.05) is 29.3 Å². The number of pyridine rings is 1. The van der Waals surface area contributed by atoms with Crippen molar-refractivity contribution < 1.29 is 9.53 Å². The van der Waals surface area contributed by atoms with E-state index in [1.807, 2.05) is 41.0 Å². The van der Waals surface area contributed by atoms with Gasteiger partial charge in [0.05, 0.1) is 25.9 Å². The molecule has 0 fully saturated rings. The van der Waals surface area contributed by atoms with Crippen LogP contribution in [0.5, 0.6) is 0 Å². The van der Waals surface area contributed by atoms with Gasteiger partial charge >= 0.3 is 5.97 Å². The molecule has 0 atom stereocenters. The molecule has 2 rings (SSSR count).